The molecule has 0 aliphatic rings. The smallest absolute Gasteiger partial charge is 0.167 e. The number of halogens is 1. The zero-order valence-corrected chi connectivity index (χ0v) is 11.8. The van der Waals surface area contributed by atoms with Crippen LogP contribution in [0.3, 0.4) is 0 Å². The Balaban J connectivity index is 2.08. The van der Waals surface area contributed by atoms with Crippen molar-refractivity contribution in [3.8, 4) is 0 Å². The Morgan fingerprint density at radius 1 is 1.00 bits per heavy atom. The Morgan fingerprint density at radius 3 is 2.11 bits per heavy atom. The van der Waals surface area contributed by atoms with Crippen LogP contribution in [-0.4, -0.2) is 19.9 Å². The van der Waals surface area contributed by atoms with Crippen LogP contribution in [0, 0.1) is 0 Å². The average Bonchev–Trinajstić information content (AvgIpc) is 2.40. The van der Waals surface area contributed by atoms with Gasteiger partial charge >= 0.3 is 0 Å². The Hall–Kier alpha value is -1.80. The van der Waals surface area contributed by atoms with Crippen molar-refractivity contribution in [1.82, 2.24) is 0 Å². The van der Waals surface area contributed by atoms with Crippen LogP contribution < -0.4 is 4.90 Å². The predicted octanol–water partition coefficient (Wildman–Crippen LogP) is 3.83. The molecule has 0 unspecified atom stereocenters. The molecule has 98 valence electrons. The first-order valence-electron chi connectivity index (χ1n) is 6.11. The fourth-order valence-electron chi connectivity index (χ4n) is 1.84. The summed E-state index contributed by atoms with van der Waals surface area (Å²) < 4.78 is 0. The molecule has 0 fully saturated rings. The Labute approximate surface area is 118 Å². The van der Waals surface area contributed by atoms with Gasteiger partial charge in [-0.2, -0.15) is 0 Å². The molecule has 0 aliphatic carbocycles. The molecule has 3 heteroatoms. The maximum absolute atomic E-state index is 12.1. The van der Waals surface area contributed by atoms with E-state index in [9.17, 15) is 4.79 Å². The molecule has 0 amide bonds. The predicted molar refractivity (Wildman–Crippen MR) is 80.3 cm³/mol. The lowest BCUT2D eigenvalue weighted by Gasteiger charge is -2.12. The summed E-state index contributed by atoms with van der Waals surface area (Å²) in [7, 11) is 3.99. The second kappa shape index (κ2) is 5.89. The molecule has 2 aromatic carbocycles. The molecule has 2 rings (SSSR count). The van der Waals surface area contributed by atoms with E-state index in [1.54, 1.807) is 24.3 Å². The van der Waals surface area contributed by atoms with E-state index in [0.29, 0.717) is 17.0 Å². The zero-order valence-electron chi connectivity index (χ0n) is 11.1. The van der Waals surface area contributed by atoms with E-state index in [-0.39, 0.29) is 5.78 Å². The fraction of sp³-hybridized carbons (Fsp3) is 0.188. The number of Topliss-reactive ketones (excluding diaryl/α,β-unsaturated/α-hetero) is 1. The first-order valence-corrected chi connectivity index (χ1v) is 6.49. The van der Waals surface area contributed by atoms with Gasteiger partial charge in [0.05, 0.1) is 0 Å². The van der Waals surface area contributed by atoms with Gasteiger partial charge in [0.1, 0.15) is 0 Å². The molecular formula is C16H16ClNO. The molecule has 0 saturated carbocycles. The van der Waals surface area contributed by atoms with Crippen LogP contribution in [0.25, 0.3) is 0 Å². The highest BCUT2D eigenvalue weighted by Crippen LogP contribution is 2.15. The first-order chi connectivity index (χ1) is 9.06. The van der Waals surface area contributed by atoms with Crippen molar-refractivity contribution in [2.45, 2.75) is 6.42 Å². The highest BCUT2D eigenvalue weighted by molar-refractivity contribution is 6.30. The molecule has 0 radical (unpaired) electrons. The van der Waals surface area contributed by atoms with E-state index >= 15 is 0 Å². The maximum Gasteiger partial charge on any atom is 0.167 e. The monoisotopic (exact) mass is 273 g/mol. The van der Waals surface area contributed by atoms with Gasteiger partial charge in [-0.05, 0) is 42.0 Å². The number of hydrogen-bond donors (Lipinski definition) is 0. The van der Waals surface area contributed by atoms with Crippen molar-refractivity contribution in [3.63, 3.8) is 0 Å². The lowest BCUT2D eigenvalue weighted by atomic mass is 10.0. The molecule has 0 saturated heterocycles. The lowest BCUT2D eigenvalue weighted by Crippen LogP contribution is -2.08. The lowest BCUT2D eigenvalue weighted by molar-refractivity contribution is 0.0993. The SMILES string of the molecule is CN(C)c1ccc(CC(=O)c2ccc(Cl)cc2)cc1. The number of carbonyl (C=O) groups is 1. The molecule has 2 nitrogen and oxygen atoms in total. The number of hydrogen-bond acceptors (Lipinski definition) is 2. The molecule has 0 N–H and O–H groups in total. The van der Waals surface area contributed by atoms with Crippen molar-refractivity contribution >= 4 is 23.1 Å². The third kappa shape index (κ3) is 3.58. The van der Waals surface area contributed by atoms with Crippen LogP contribution in [0.15, 0.2) is 48.5 Å². The van der Waals surface area contributed by atoms with Crippen LogP contribution >= 0.6 is 11.6 Å². The molecular weight excluding hydrogens is 258 g/mol. The summed E-state index contributed by atoms with van der Waals surface area (Å²) in [5.74, 6) is 0.106. The molecule has 0 aromatic heterocycles. The highest BCUT2D eigenvalue weighted by Gasteiger charge is 2.07. The second-order valence-electron chi connectivity index (χ2n) is 4.67. The minimum absolute atomic E-state index is 0.106. The molecule has 0 aliphatic heterocycles. The third-order valence-corrected chi connectivity index (χ3v) is 3.24. The van der Waals surface area contributed by atoms with Gasteiger partial charge < -0.3 is 4.90 Å². The summed E-state index contributed by atoms with van der Waals surface area (Å²) in [5.41, 5.74) is 2.84. The van der Waals surface area contributed by atoms with Gasteiger partial charge in [-0.1, -0.05) is 23.7 Å². The van der Waals surface area contributed by atoms with Crippen molar-refractivity contribution in [3.05, 3.63) is 64.7 Å². The van der Waals surface area contributed by atoms with Gasteiger partial charge in [0, 0.05) is 36.8 Å². The number of carbonyl (C=O) groups excluding carboxylic acids is 1. The molecule has 0 spiro atoms. The van der Waals surface area contributed by atoms with Gasteiger partial charge in [0.15, 0.2) is 5.78 Å². The summed E-state index contributed by atoms with van der Waals surface area (Å²) in [5, 5.41) is 0.645. The minimum atomic E-state index is 0.106. The van der Waals surface area contributed by atoms with Gasteiger partial charge in [0.2, 0.25) is 0 Å². The summed E-state index contributed by atoms with van der Waals surface area (Å²) in [6.07, 6.45) is 0.412. The van der Waals surface area contributed by atoms with Gasteiger partial charge in [0.25, 0.3) is 0 Å². The Kier molecular flexibility index (Phi) is 4.23. The summed E-state index contributed by atoms with van der Waals surface area (Å²) in [6.45, 7) is 0. The maximum atomic E-state index is 12.1. The number of anilines is 1. The largest absolute Gasteiger partial charge is 0.378 e. The Bertz CT molecular complexity index is 558. The molecule has 0 atom stereocenters. The Morgan fingerprint density at radius 2 is 1.58 bits per heavy atom. The van der Waals surface area contributed by atoms with E-state index in [1.807, 2.05) is 43.3 Å². The van der Waals surface area contributed by atoms with E-state index < -0.39 is 0 Å². The highest BCUT2D eigenvalue weighted by atomic mass is 35.5. The summed E-state index contributed by atoms with van der Waals surface area (Å²) in [4.78, 5) is 14.1. The summed E-state index contributed by atoms with van der Waals surface area (Å²) >= 11 is 5.81. The third-order valence-electron chi connectivity index (χ3n) is 2.98. The molecule has 0 heterocycles. The van der Waals surface area contributed by atoms with Crippen LogP contribution in [0.2, 0.25) is 5.02 Å². The van der Waals surface area contributed by atoms with Crippen molar-refractivity contribution in [2.24, 2.45) is 0 Å². The van der Waals surface area contributed by atoms with Crippen molar-refractivity contribution in [2.75, 3.05) is 19.0 Å². The fourth-order valence-corrected chi connectivity index (χ4v) is 1.96. The quantitative estimate of drug-likeness (QED) is 0.789. The van der Waals surface area contributed by atoms with E-state index in [2.05, 4.69) is 0 Å². The number of rotatable bonds is 4. The average molecular weight is 274 g/mol. The number of ketones is 1. The normalized spacial score (nSPS) is 10.3. The zero-order chi connectivity index (χ0) is 13.8. The van der Waals surface area contributed by atoms with E-state index in [4.69, 9.17) is 11.6 Å². The standard InChI is InChI=1S/C16H16ClNO/c1-18(2)15-9-3-12(4-10-15)11-16(19)13-5-7-14(17)8-6-13/h3-10H,11H2,1-2H3. The number of benzene rings is 2. The topological polar surface area (TPSA) is 20.3 Å². The first kappa shape index (κ1) is 13.6. The minimum Gasteiger partial charge on any atom is -0.378 e. The van der Waals surface area contributed by atoms with E-state index in [0.717, 1.165) is 11.3 Å². The second-order valence-corrected chi connectivity index (χ2v) is 5.10. The van der Waals surface area contributed by atoms with Crippen LogP contribution in [0.5, 0.6) is 0 Å². The van der Waals surface area contributed by atoms with Gasteiger partial charge in [-0.25, -0.2) is 0 Å². The summed E-state index contributed by atoms with van der Waals surface area (Å²) in [6, 6.07) is 15.0. The van der Waals surface area contributed by atoms with Gasteiger partial charge in [-0.15, -0.1) is 0 Å². The van der Waals surface area contributed by atoms with Crippen molar-refractivity contribution < 1.29 is 4.79 Å². The van der Waals surface area contributed by atoms with Crippen molar-refractivity contribution in [1.29, 1.82) is 0 Å². The molecule has 19 heavy (non-hydrogen) atoms. The molecule has 2 aromatic rings. The number of nitrogens with zero attached hydrogens (tertiary/aromatic N) is 1. The van der Waals surface area contributed by atoms with Crippen LogP contribution in [0.4, 0.5) is 5.69 Å². The van der Waals surface area contributed by atoms with Crippen LogP contribution in [0.1, 0.15) is 15.9 Å². The van der Waals surface area contributed by atoms with Gasteiger partial charge in [-0.3, -0.25) is 4.79 Å². The molecule has 0 bridgehead atoms. The van der Waals surface area contributed by atoms with Crippen LogP contribution in [-0.2, 0) is 6.42 Å². The van der Waals surface area contributed by atoms with E-state index in [1.165, 1.54) is 0 Å².